The van der Waals surface area contributed by atoms with Gasteiger partial charge in [0.25, 0.3) is 5.91 Å². The lowest BCUT2D eigenvalue weighted by molar-refractivity contribution is -0.139. The van der Waals surface area contributed by atoms with E-state index in [-0.39, 0.29) is 5.91 Å². The summed E-state index contributed by atoms with van der Waals surface area (Å²) in [5.74, 6) is 1.73. The molecule has 4 bridgehead atoms. The molecule has 128 valence electrons. The van der Waals surface area contributed by atoms with Crippen molar-refractivity contribution in [2.24, 2.45) is 17.8 Å². The molecular weight excluding hydrogens is 306 g/mol. The minimum absolute atomic E-state index is 0.0639. The van der Waals surface area contributed by atoms with E-state index in [0.29, 0.717) is 23.3 Å². The first-order valence-electron chi connectivity index (χ1n) is 8.84. The molecule has 2 heterocycles. The Bertz CT molecular complexity index is 645. The molecule has 2 saturated carbocycles. The third kappa shape index (κ3) is 2.99. The van der Waals surface area contributed by atoms with Gasteiger partial charge >= 0.3 is 5.97 Å². The normalized spacial score (nSPS) is 30.9. The van der Waals surface area contributed by atoms with Crippen LogP contribution in [0.1, 0.15) is 42.5 Å². The van der Waals surface area contributed by atoms with Crippen LogP contribution in [0.4, 0.5) is 0 Å². The van der Waals surface area contributed by atoms with Crippen LogP contribution >= 0.6 is 0 Å². The summed E-state index contributed by atoms with van der Waals surface area (Å²) in [7, 11) is 0. The Morgan fingerprint density at radius 3 is 2.50 bits per heavy atom. The van der Waals surface area contributed by atoms with E-state index in [1.165, 1.54) is 19.3 Å². The molecule has 5 heteroatoms. The number of nitrogens with zero attached hydrogens (tertiary/aromatic N) is 1. The first-order valence-corrected chi connectivity index (χ1v) is 8.84. The second-order valence-corrected chi connectivity index (χ2v) is 7.60. The number of carboxylic acids is 1. The molecule has 2 unspecified atom stereocenters. The molecule has 0 radical (unpaired) electrons. The van der Waals surface area contributed by atoms with E-state index >= 15 is 0 Å². The first-order chi connectivity index (χ1) is 11.6. The van der Waals surface area contributed by atoms with Crippen molar-refractivity contribution in [3.63, 3.8) is 0 Å². The van der Waals surface area contributed by atoms with Crippen molar-refractivity contribution >= 4 is 11.9 Å². The molecule has 2 atom stereocenters. The van der Waals surface area contributed by atoms with E-state index in [0.717, 1.165) is 31.2 Å². The summed E-state index contributed by atoms with van der Waals surface area (Å²) in [6, 6.07) is 7.28. The summed E-state index contributed by atoms with van der Waals surface area (Å²) in [5.41, 5.74) is 0.596. The quantitative estimate of drug-likeness (QED) is 0.922. The number of rotatable bonds is 4. The predicted octanol–water partition coefficient (Wildman–Crippen LogP) is 2.80. The van der Waals surface area contributed by atoms with Gasteiger partial charge in [-0.15, -0.1) is 0 Å². The second-order valence-electron chi connectivity index (χ2n) is 7.60. The Kier molecular flexibility index (Phi) is 3.94. The number of hydrogen-bond acceptors (Lipinski definition) is 3. The minimum Gasteiger partial charge on any atom is -0.482 e. The lowest BCUT2D eigenvalue weighted by Crippen LogP contribution is -2.42. The molecule has 24 heavy (non-hydrogen) atoms. The number of carboxylic acid groups (broad SMARTS) is 1. The molecular formula is C19H23NO4. The van der Waals surface area contributed by atoms with E-state index in [1.54, 1.807) is 24.3 Å². The van der Waals surface area contributed by atoms with Crippen LogP contribution in [-0.4, -0.2) is 41.1 Å². The van der Waals surface area contributed by atoms with Crippen LogP contribution in [-0.2, 0) is 4.79 Å². The molecule has 1 aromatic rings. The molecule has 5 rings (SSSR count). The molecule has 2 saturated heterocycles. The highest BCUT2D eigenvalue weighted by Gasteiger charge is 2.44. The largest absolute Gasteiger partial charge is 0.482 e. The molecule has 5 nitrogen and oxygen atoms in total. The summed E-state index contributed by atoms with van der Waals surface area (Å²) in [4.78, 5) is 25.8. The molecule has 0 spiro atoms. The van der Waals surface area contributed by atoms with E-state index in [9.17, 15) is 9.59 Å². The van der Waals surface area contributed by atoms with Crippen molar-refractivity contribution in [1.82, 2.24) is 4.90 Å². The van der Waals surface area contributed by atoms with E-state index in [4.69, 9.17) is 9.84 Å². The zero-order valence-electron chi connectivity index (χ0n) is 13.7. The minimum atomic E-state index is -1.02. The summed E-state index contributed by atoms with van der Waals surface area (Å²) in [5, 5.41) is 8.72. The number of fused-ring (bicyclic) bond motifs is 1. The zero-order chi connectivity index (χ0) is 16.7. The average molecular weight is 329 g/mol. The lowest BCUT2D eigenvalue weighted by atomic mass is 9.68. The number of benzene rings is 1. The number of carbonyl (C=O) groups excluding carboxylic acids is 1. The Labute approximate surface area is 141 Å². The van der Waals surface area contributed by atoms with Gasteiger partial charge in [-0.25, -0.2) is 4.79 Å². The van der Waals surface area contributed by atoms with Gasteiger partial charge in [0.05, 0.1) is 0 Å². The van der Waals surface area contributed by atoms with E-state index in [1.807, 2.05) is 0 Å². The monoisotopic (exact) mass is 329 g/mol. The van der Waals surface area contributed by atoms with Crippen LogP contribution in [0.25, 0.3) is 0 Å². The molecule has 1 aromatic carbocycles. The van der Waals surface area contributed by atoms with Crippen molar-refractivity contribution in [2.45, 2.75) is 38.1 Å². The smallest absolute Gasteiger partial charge is 0.341 e. The van der Waals surface area contributed by atoms with Gasteiger partial charge in [-0.05, 0) is 68.1 Å². The Morgan fingerprint density at radius 1 is 1.08 bits per heavy atom. The lowest BCUT2D eigenvalue weighted by Gasteiger charge is -2.39. The number of aliphatic carboxylic acids is 1. The fourth-order valence-corrected chi connectivity index (χ4v) is 5.06. The van der Waals surface area contributed by atoms with Crippen LogP contribution in [0, 0.1) is 17.8 Å². The zero-order valence-corrected chi connectivity index (χ0v) is 13.7. The highest BCUT2D eigenvalue weighted by molar-refractivity contribution is 5.95. The average Bonchev–Trinajstić information content (AvgIpc) is 2.76. The van der Waals surface area contributed by atoms with E-state index in [2.05, 4.69) is 4.90 Å². The maximum Gasteiger partial charge on any atom is 0.341 e. The molecule has 4 aliphatic rings. The fraction of sp³-hybridized carbons (Fsp3) is 0.579. The summed E-state index contributed by atoms with van der Waals surface area (Å²) in [6.45, 7) is 0.478. The van der Waals surface area contributed by atoms with Crippen molar-refractivity contribution < 1.29 is 19.4 Å². The van der Waals surface area contributed by atoms with Gasteiger partial charge in [-0.1, -0.05) is 6.07 Å². The van der Waals surface area contributed by atoms with Crippen molar-refractivity contribution in [3.05, 3.63) is 29.8 Å². The van der Waals surface area contributed by atoms with Crippen molar-refractivity contribution in [2.75, 3.05) is 13.2 Å². The first kappa shape index (κ1) is 15.5. The van der Waals surface area contributed by atoms with Crippen LogP contribution in [0.2, 0.25) is 0 Å². The van der Waals surface area contributed by atoms with Gasteiger partial charge in [-0.3, -0.25) is 4.79 Å². The maximum absolute atomic E-state index is 13.1. The molecule has 4 fully saturated rings. The molecule has 2 aliphatic carbocycles. The van der Waals surface area contributed by atoms with Gasteiger partial charge in [0.2, 0.25) is 0 Å². The van der Waals surface area contributed by atoms with Crippen LogP contribution < -0.4 is 4.74 Å². The number of amides is 1. The fourth-order valence-electron chi connectivity index (χ4n) is 5.06. The maximum atomic E-state index is 13.1. The number of hydrogen-bond donors (Lipinski definition) is 1. The Balaban J connectivity index is 1.53. The van der Waals surface area contributed by atoms with Gasteiger partial charge in [0, 0.05) is 18.2 Å². The molecule has 0 aromatic heterocycles. The predicted molar refractivity (Wildman–Crippen MR) is 88.0 cm³/mol. The molecule has 2 aliphatic heterocycles. The third-order valence-corrected chi connectivity index (χ3v) is 5.81. The summed E-state index contributed by atoms with van der Waals surface area (Å²) >= 11 is 0. The van der Waals surface area contributed by atoms with Gasteiger partial charge in [0.15, 0.2) is 6.61 Å². The van der Waals surface area contributed by atoms with Gasteiger partial charge in [0.1, 0.15) is 5.75 Å². The summed E-state index contributed by atoms with van der Waals surface area (Å²) in [6.07, 6.45) is 6.20. The van der Waals surface area contributed by atoms with Crippen LogP contribution in [0.15, 0.2) is 24.3 Å². The van der Waals surface area contributed by atoms with Crippen LogP contribution in [0.3, 0.4) is 0 Å². The highest BCUT2D eigenvalue weighted by Crippen LogP contribution is 2.47. The van der Waals surface area contributed by atoms with E-state index < -0.39 is 12.6 Å². The topological polar surface area (TPSA) is 66.8 Å². The van der Waals surface area contributed by atoms with Gasteiger partial charge < -0.3 is 14.7 Å². The molecule has 1 N–H and O–H groups in total. The number of carbonyl (C=O) groups is 2. The molecule has 1 amide bonds. The Morgan fingerprint density at radius 2 is 1.79 bits per heavy atom. The van der Waals surface area contributed by atoms with Crippen molar-refractivity contribution in [3.8, 4) is 5.75 Å². The number of ether oxygens (including phenoxy) is 1. The second kappa shape index (κ2) is 6.11. The standard InChI is InChI=1S/C19H23NO4/c21-18(22)11-24-17-3-1-2-15(9-17)19(23)20-10-14-5-12-4-13(6-14)8-16(20)7-12/h1-3,9,12-14,16H,4-8,10-11H2,(H,21,22). The third-order valence-electron chi connectivity index (χ3n) is 5.81. The SMILES string of the molecule is O=C(O)COc1cccc(C(=O)N2CC3CC4CC(C3)CC2C4)c1. The Hall–Kier alpha value is -2.04. The van der Waals surface area contributed by atoms with Gasteiger partial charge in [-0.2, -0.15) is 0 Å². The van der Waals surface area contributed by atoms with Crippen LogP contribution in [0.5, 0.6) is 5.75 Å². The summed E-state index contributed by atoms with van der Waals surface area (Å²) < 4.78 is 5.21. The van der Waals surface area contributed by atoms with Crippen molar-refractivity contribution in [1.29, 1.82) is 0 Å². The highest BCUT2D eigenvalue weighted by atomic mass is 16.5.